The Balaban J connectivity index is 0.00000264. The van der Waals surface area contributed by atoms with Gasteiger partial charge >= 0.3 is 12.5 Å². The van der Waals surface area contributed by atoms with Crippen molar-refractivity contribution < 1.29 is 27.4 Å². The van der Waals surface area contributed by atoms with E-state index in [2.05, 4.69) is 4.74 Å². The molecule has 1 saturated carbocycles. The van der Waals surface area contributed by atoms with Gasteiger partial charge in [-0.05, 0) is 36.5 Å². The molecule has 2 rings (SSSR count). The fraction of sp³-hybridized carbons (Fsp3) is 0.600. The minimum Gasteiger partial charge on any atom is -0.428 e. The summed E-state index contributed by atoms with van der Waals surface area (Å²) in [6.45, 7) is 0. The molecule has 0 amide bonds. The lowest BCUT2D eigenvalue weighted by Crippen LogP contribution is -2.34. The molecule has 0 spiro atoms. The zero-order chi connectivity index (χ0) is 16.3. The standard InChI is InChI=1S/C15H19F4NO2.ClH/c16-14(17)15(18,19)22-11-7-3-6-10(8-11)12(20)13(21)9-4-1-2-5-9;/h3,6-9,12-14,21H,1-2,4-5,20H2;1H/t12-,13+;/m0./s1. The molecule has 23 heavy (non-hydrogen) atoms. The summed E-state index contributed by atoms with van der Waals surface area (Å²) in [6, 6.07) is 4.48. The minimum absolute atomic E-state index is 0. The molecule has 0 saturated heterocycles. The number of alkyl halides is 4. The summed E-state index contributed by atoms with van der Waals surface area (Å²) < 4.78 is 54.2. The normalized spacial score (nSPS) is 18.6. The number of aliphatic hydroxyl groups is 1. The average Bonchev–Trinajstić information content (AvgIpc) is 2.99. The Kier molecular flexibility index (Phi) is 7.10. The predicted octanol–water partition coefficient (Wildman–Crippen LogP) is 3.90. The molecule has 132 valence electrons. The van der Waals surface area contributed by atoms with Crippen LogP contribution in [-0.2, 0) is 0 Å². The average molecular weight is 358 g/mol. The topological polar surface area (TPSA) is 55.5 Å². The van der Waals surface area contributed by atoms with Crippen LogP contribution in [0.15, 0.2) is 24.3 Å². The molecule has 1 fully saturated rings. The Morgan fingerprint density at radius 3 is 2.39 bits per heavy atom. The summed E-state index contributed by atoms with van der Waals surface area (Å²) in [5.74, 6) is -0.334. The highest BCUT2D eigenvalue weighted by Crippen LogP contribution is 2.34. The number of ether oxygens (including phenoxy) is 1. The first-order chi connectivity index (χ1) is 10.3. The van der Waals surface area contributed by atoms with Gasteiger partial charge in [0, 0.05) is 0 Å². The summed E-state index contributed by atoms with van der Waals surface area (Å²) in [5.41, 5.74) is 6.35. The highest BCUT2D eigenvalue weighted by atomic mass is 35.5. The molecular weight excluding hydrogens is 338 g/mol. The van der Waals surface area contributed by atoms with E-state index in [1.165, 1.54) is 12.1 Å². The first-order valence-electron chi connectivity index (χ1n) is 7.20. The van der Waals surface area contributed by atoms with Crippen LogP contribution in [-0.4, -0.2) is 23.7 Å². The SMILES string of the molecule is Cl.N[C@@H](c1cccc(OC(F)(F)C(F)F)c1)[C@H](O)C1CCCC1. The van der Waals surface area contributed by atoms with E-state index in [9.17, 15) is 22.7 Å². The molecular formula is C15H20ClF4NO2. The van der Waals surface area contributed by atoms with Crippen LogP contribution in [0.4, 0.5) is 17.6 Å². The van der Waals surface area contributed by atoms with Gasteiger partial charge in [0.05, 0.1) is 12.1 Å². The summed E-state index contributed by atoms with van der Waals surface area (Å²) in [7, 11) is 0. The second-order valence-corrected chi connectivity index (χ2v) is 5.60. The van der Waals surface area contributed by atoms with Gasteiger partial charge in [-0.3, -0.25) is 0 Å². The summed E-state index contributed by atoms with van der Waals surface area (Å²) in [4.78, 5) is 0. The lowest BCUT2D eigenvalue weighted by atomic mass is 9.91. The van der Waals surface area contributed by atoms with E-state index in [1.54, 1.807) is 6.07 Å². The third-order valence-electron chi connectivity index (χ3n) is 4.00. The van der Waals surface area contributed by atoms with Gasteiger partial charge in [0.15, 0.2) is 0 Å². The Bertz CT molecular complexity index is 498. The Hall–Kier alpha value is -1.05. The second kappa shape index (κ2) is 8.17. The largest absolute Gasteiger partial charge is 0.461 e. The Morgan fingerprint density at radius 1 is 1.22 bits per heavy atom. The van der Waals surface area contributed by atoms with Crippen LogP contribution in [0.25, 0.3) is 0 Å². The third-order valence-corrected chi connectivity index (χ3v) is 4.00. The van der Waals surface area contributed by atoms with Gasteiger partial charge in [-0.25, -0.2) is 0 Å². The maximum atomic E-state index is 12.9. The Labute approximate surface area is 138 Å². The molecule has 0 radical (unpaired) electrons. The molecule has 3 nitrogen and oxygen atoms in total. The van der Waals surface area contributed by atoms with Gasteiger partial charge in [-0.15, -0.1) is 12.4 Å². The molecule has 1 aliphatic rings. The highest BCUT2D eigenvalue weighted by Gasteiger charge is 2.44. The summed E-state index contributed by atoms with van der Waals surface area (Å²) in [5, 5.41) is 10.2. The van der Waals surface area contributed by atoms with E-state index < -0.39 is 30.4 Å². The summed E-state index contributed by atoms with van der Waals surface area (Å²) >= 11 is 0. The van der Waals surface area contributed by atoms with Gasteiger partial charge in [-0.1, -0.05) is 25.0 Å². The highest BCUT2D eigenvalue weighted by molar-refractivity contribution is 5.85. The lowest BCUT2D eigenvalue weighted by molar-refractivity contribution is -0.253. The molecule has 8 heteroatoms. The summed E-state index contributed by atoms with van der Waals surface area (Å²) in [6.07, 6.45) is -5.49. The maximum Gasteiger partial charge on any atom is 0.461 e. The van der Waals surface area contributed by atoms with Crippen molar-refractivity contribution in [3.63, 3.8) is 0 Å². The van der Waals surface area contributed by atoms with Crippen molar-refractivity contribution in [3.05, 3.63) is 29.8 Å². The molecule has 3 N–H and O–H groups in total. The van der Waals surface area contributed by atoms with E-state index >= 15 is 0 Å². The molecule has 0 bridgehead atoms. The van der Waals surface area contributed by atoms with Crippen LogP contribution >= 0.6 is 12.4 Å². The van der Waals surface area contributed by atoms with Crippen molar-refractivity contribution in [2.75, 3.05) is 0 Å². The van der Waals surface area contributed by atoms with Gasteiger partial charge in [0.1, 0.15) is 5.75 Å². The van der Waals surface area contributed by atoms with Gasteiger partial charge in [-0.2, -0.15) is 17.6 Å². The monoisotopic (exact) mass is 357 g/mol. The molecule has 0 unspecified atom stereocenters. The van der Waals surface area contributed by atoms with E-state index in [1.807, 2.05) is 0 Å². The van der Waals surface area contributed by atoms with Crippen LogP contribution in [0.5, 0.6) is 5.75 Å². The van der Waals surface area contributed by atoms with Crippen LogP contribution in [0.2, 0.25) is 0 Å². The molecule has 1 aliphatic carbocycles. The fourth-order valence-electron chi connectivity index (χ4n) is 2.78. The van der Waals surface area contributed by atoms with E-state index in [4.69, 9.17) is 5.73 Å². The van der Waals surface area contributed by atoms with Crippen LogP contribution in [0.3, 0.4) is 0 Å². The van der Waals surface area contributed by atoms with Crippen molar-refractivity contribution in [2.24, 2.45) is 11.7 Å². The number of hydrogen-bond donors (Lipinski definition) is 2. The van der Waals surface area contributed by atoms with Gasteiger partial charge in [0.25, 0.3) is 0 Å². The van der Waals surface area contributed by atoms with Gasteiger partial charge < -0.3 is 15.6 Å². The van der Waals surface area contributed by atoms with E-state index in [0.29, 0.717) is 5.56 Å². The van der Waals surface area contributed by atoms with Crippen molar-refractivity contribution in [1.29, 1.82) is 0 Å². The number of rotatable bonds is 6. The van der Waals surface area contributed by atoms with E-state index in [-0.39, 0.29) is 18.3 Å². The van der Waals surface area contributed by atoms with Crippen molar-refractivity contribution in [3.8, 4) is 5.75 Å². The molecule has 0 aromatic heterocycles. The zero-order valence-corrected chi connectivity index (χ0v) is 13.1. The first kappa shape index (κ1) is 20.0. The maximum absolute atomic E-state index is 12.9. The van der Waals surface area contributed by atoms with Crippen LogP contribution in [0, 0.1) is 5.92 Å². The quantitative estimate of drug-likeness (QED) is 0.759. The van der Waals surface area contributed by atoms with Crippen LogP contribution < -0.4 is 10.5 Å². The lowest BCUT2D eigenvalue weighted by Gasteiger charge is -2.25. The smallest absolute Gasteiger partial charge is 0.428 e. The molecule has 0 heterocycles. The zero-order valence-electron chi connectivity index (χ0n) is 12.3. The number of halogens is 5. The second-order valence-electron chi connectivity index (χ2n) is 5.60. The third kappa shape index (κ3) is 4.96. The molecule has 1 aromatic carbocycles. The van der Waals surface area contributed by atoms with Gasteiger partial charge in [0.2, 0.25) is 0 Å². The fourth-order valence-corrected chi connectivity index (χ4v) is 2.78. The molecule has 1 aromatic rings. The van der Waals surface area contributed by atoms with Crippen molar-refractivity contribution >= 4 is 12.4 Å². The van der Waals surface area contributed by atoms with Crippen molar-refractivity contribution in [2.45, 2.75) is 50.4 Å². The molecule has 2 atom stereocenters. The van der Waals surface area contributed by atoms with E-state index in [0.717, 1.165) is 31.7 Å². The molecule has 0 aliphatic heterocycles. The minimum atomic E-state index is -4.56. The van der Waals surface area contributed by atoms with Crippen molar-refractivity contribution in [1.82, 2.24) is 0 Å². The predicted molar refractivity (Wildman–Crippen MR) is 80.2 cm³/mol. The first-order valence-corrected chi connectivity index (χ1v) is 7.20. The number of hydrogen-bond acceptors (Lipinski definition) is 3. The number of benzene rings is 1. The number of nitrogens with two attached hydrogens (primary N) is 1. The number of aliphatic hydroxyl groups excluding tert-OH is 1. The van der Waals surface area contributed by atoms with Crippen LogP contribution in [0.1, 0.15) is 37.3 Å². The Morgan fingerprint density at radius 2 is 1.83 bits per heavy atom.